The van der Waals surface area contributed by atoms with Gasteiger partial charge in [0.25, 0.3) is 0 Å². The number of aliphatic carboxylic acids is 1. The van der Waals surface area contributed by atoms with Gasteiger partial charge in [-0.1, -0.05) is 18.2 Å². The second-order valence-corrected chi connectivity index (χ2v) is 6.22. The maximum absolute atomic E-state index is 11.6. The Morgan fingerprint density at radius 1 is 1.25 bits per heavy atom. The zero-order valence-corrected chi connectivity index (χ0v) is 13.6. The second-order valence-electron chi connectivity index (χ2n) is 6.22. The van der Waals surface area contributed by atoms with Crippen molar-refractivity contribution in [3.63, 3.8) is 0 Å². The van der Waals surface area contributed by atoms with Gasteiger partial charge in [0.2, 0.25) is 0 Å². The lowest BCUT2D eigenvalue weighted by molar-refractivity contribution is -0.146. The van der Waals surface area contributed by atoms with Crippen LogP contribution in [0, 0.1) is 11.8 Å². The summed E-state index contributed by atoms with van der Waals surface area (Å²) in [6, 6.07) is 7.41. The lowest BCUT2D eigenvalue weighted by atomic mass is 9.76. The van der Waals surface area contributed by atoms with E-state index in [9.17, 15) is 14.7 Å². The normalized spacial score (nSPS) is 27.9. The molecule has 1 aromatic carbocycles. The van der Waals surface area contributed by atoms with Gasteiger partial charge < -0.3 is 19.3 Å². The highest BCUT2D eigenvalue weighted by atomic mass is 16.6. The standard InChI is InChI=1S/C18H22O6/c1-2-22-16(19)10-23-13-6-4-3-5-11(13)9-12-14-7-8-15(24-14)17(12)18(20)21/h3-6,12,14-15,17H,2,7-10H2,1H3,(H,20,21)/t12-,14-,15+,17-/m0/s1. The van der Waals surface area contributed by atoms with Gasteiger partial charge in [0.1, 0.15) is 5.75 Å². The summed E-state index contributed by atoms with van der Waals surface area (Å²) in [4.78, 5) is 23.1. The molecule has 2 heterocycles. The maximum Gasteiger partial charge on any atom is 0.344 e. The molecule has 3 rings (SSSR count). The molecule has 0 aromatic heterocycles. The van der Waals surface area contributed by atoms with E-state index in [0.717, 1.165) is 18.4 Å². The Bertz CT molecular complexity index is 613. The SMILES string of the molecule is CCOC(=O)COc1ccccc1C[C@@H]1[C@H](C(=O)O)[C@H]2CC[C@@H]1O2. The van der Waals surface area contributed by atoms with Crippen molar-refractivity contribution in [2.45, 2.75) is 38.4 Å². The Morgan fingerprint density at radius 2 is 2.00 bits per heavy atom. The van der Waals surface area contributed by atoms with E-state index in [-0.39, 0.29) is 24.7 Å². The smallest absolute Gasteiger partial charge is 0.344 e. The number of carbonyl (C=O) groups excluding carboxylic acids is 1. The summed E-state index contributed by atoms with van der Waals surface area (Å²) in [5.41, 5.74) is 0.897. The first-order valence-electron chi connectivity index (χ1n) is 8.34. The van der Waals surface area contributed by atoms with Crippen molar-refractivity contribution in [2.24, 2.45) is 11.8 Å². The third-order valence-electron chi connectivity index (χ3n) is 4.79. The number of carboxylic acids is 1. The number of fused-ring (bicyclic) bond motifs is 2. The number of carbonyl (C=O) groups is 2. The number of para-hydroxylation sites is 1. The van der Waals surface area contributed by atoms with Crippen molar-refractivity contribution in [1.29, 1.82) is 0 Å². The number of rotatable bonds is 7. The van der Waals surface area contributed by atoms with Crippen LogP contribution >= 0.6 is 0 Å². The van der Waals surface area contributed by atoms with Crippen LogP contribution in [0.5, 0.6) is 5.75 Å². The van der Waals surface area contributed by atoms with Crippen LogP contribution in [-0.2, 0) is 25.5 Å². The summed E-state index contributed by atoms with van der Waals surface area (Å²) in [5, 5.41) is 9.52. The Kier molecular flexibility index (Phi) is 5.04. The van der Waals surface area contributed by atoms with Crippen molar-refractivity contribution in [3.05, 3.63) is 29.8 Å². The molecule has 2 aliphatic rings. The van der Waals surface area contributed by atoms with Crippen LogP contribution < -0.4 is 4.74 Å². The fraction of sp³-hybridized carbons (Fsp3) is 0.556. The lowest BCUT2D eigenvalue weighted by Gasteiger charge is -2.25. The first-order valence-corrected chi connectivity index (χ1v) is 8.34. The number of esters is 1. The summed E-state index contributed by atoms with van der Waals surface area (Å²) >= 11 is 0. The van der Waals surface area contributed by atoms with Gasteiger partial charge in [0.15, 0.2) is 6.61 Å². The Labute approximate surface area is 140 Å². The molecule has 6 nitrogen and oxygen atoms in total. The molecule has 6 heteroatoms. The van der Waals surface area contributed by atoms with Crippen molar-refractivity contribution >= 4 is 11.9 Å². The predicted octanol–water partition coefficient (Wildman–Crippen LogP) is 2.05. The zero-order chi connectivity index (χ0) is 17.1. The Morgan fingerprint density at radius 3 is 2.75 bits per heavy atom. The molecule has 1 N–H and O–H groups in total. The molecule has 2 bridgehead atoms. The van der Waals surface area contributed by atoms with Gasteiger partial charge in [-0.15, -0.1) is 0 Å². The van der Waals surface area contributed by atoms with E-state index < -0.39 is 17.9 Å². The molecule has 2 aliphatic heterocycles. The highest BCUT2D eigenvalue weighted by Gasteiger charge is 2.52. The van der Waals surface area contributed by atoms with Crippen LogP contribution in [0.4, 0.5) is 0 Å². The molecule has 0 amide bonds. The number of benzene rings is 1. The predicted molar refractivity (Wildman–Crippen MR) is 84.8 cm³/mol. The van der Waals surface area contributed by atoms with Crippen molar-refractivity contribution < 1.29 is 28.9 Å². The second kappa shape index (κ2) is 7.21. The maximum atomic E-state index is 11.6. The molecule has 0 unspecified atom stereocenters. The van der Waals surface area contributed by atoms with E-state index in [4.69, 9.17) is 14.2 Å². The highest BCUT2D eigenvalue weighted by Crippen LogP contribution is 2.45. The average Bonchev–Trinajstić information content (AvgIpc) is 3.15. The summed E-state index contributed by atoms with van der Waals surface area (Å²) in [6.07, 6.45) is 2.11. The van der Waals surface area contributed by atoms with Crippen LogP contribution in [-0.4, -0.2) is 42.5 Å². The molecule has 2 fully saturated rings. The van der Waals surface area contributed by atoms with Gasteiger partial charge in [-0.3, -0.25) is 4.79 Å². The largest absolute Gasteiger partial charge is 0.482 e. The third-order valence-corrected chi connectivity index (χ3v) is 4.79. The lowest BCUT2D eigenvalue weighted by Crippen LogP contribution is -2.34. The van der Waals surface area contributed by atoms with Crippen LogP contribution in [0.3, 0.4) is 0 Å². The van der Waals surface area contributed by atoms with E-state index in [1.807, 2.05) is 18.2 Å². The van der Waals surface area contributed by atoms with Gasteiger partial charge in [0, 0.05) is 5.92 Å². The molecular weight excluding hydrogens is 312 g/mol. The van der Waals surface area contributed by atoms with Crippen LogP contribution in [0.15, 0.2) is 24.3 Å². The van der Waals surface area contributed by atoms with Gasteiger partial charge in [-0.05, 0) is 37.8 Å². The van der Waals surface area contributed by atoms with Crippen LogP contribution in [0.25, 0.3) is 0 Å². The van der Waals surface area contributed by atoms with Gasteiger partial charge in [-0.25, -0.2) is 4.79 Å². The van der Waals surface area contributed by atoms with Crippen molar-refractivity contribution in [2.75, 3.05) is 13.2 Å². The zero-order valence-electron chi connectivity index (χ0n) is 13.6. The van der Waals surface area contributed by atoms with Crippen molar-refractivity contribution in [1.82, 2.24) is 0 Å². The molecule has 130 valence electrons. The monoisotopic (exact) mass is 334 g/mol. The number of hydrogen-bond acceptors (Lipinski definition) is 5. The number of carboxylic acid groups (broad SMARTS) is 1. The molecule has 24 heavy (non-hydrogen) atoms. The van der Waals surface area contributed by atoms with Gasteiger partial charge in [0.05, 0.1) is 24.7 Å². The fourth-order valence-electron chi connectivity index (χ4n) is 3.78. The van der Waals surface area contributed by atoms with E-state index in [1.54, 1.807) is 13.0 Å². The Hall–Kier alpha value is -2.08. The van der Waals surface area contributed by atoms with Crippen LogP contribution in [0.1, 0.15) is 25.3 Å². The first kappa shape index (κ1) is 16.8. The van der Waals surface area contributed by atoms with E-state index in [2.05, 4.69) is 0 Å². The quantitative estimate of drug-likeness (QED) is 0.769. The molecule has 4 atom stereocenters. The van der Waals surface area contributed by atoms with Gasteiger partial charge >= 0.3 is 11.9 Å². The first-order chi connectivity index (χ1) is 11.6. The number of ether oxygens (including phenoxy) is 3. The van der Waals surface area contributed by atoms with Crippen molar-refractivity contribution in [3.8, 4) is 5.75 Å². The molecular formula is C18H22O6. The topological polar surface area (TPSA) is 82.1 Å². The summed E-state index contributed by atoms with van der Waals surface area (Å²) < 4.78 is 16.2. The Balaban J connectivity index is 1.71. The third kappa shape index (κ3) is 3.38. The molecule has 0 spiro atoms. The molecule has 0 saturated carbocycles. The summed E-state index contributed by atoms with van der Waals surface area (Å²) in [7, 11) is 0. The highest BCUT2D eigenvalue weighted by molar-refractivity contribution is 5.72. The van der Waals surface area contributed by atoms with Crippen LogP contribution in [0.2, 0.25) is 0 Å². The molecule has 2 saturated heterocycles. The fourth-order valence-corrected chi connectivity index (χ4v) is 3.78. The average molecular weight is 334 g/mol. The van der Waals surface area contributed by atoms with Gasteiger partial charge in [-0.2, -0.15) is 0 Å². The molecule has 0 radical (unpaired) electrons. The van der Waals surface area contributed by atoms with E-state index >= 15 is 0 Å². The minimum absolute atomic E-state index is 0.00536. The summed E-state index contributed by atoms with van der Waals surface area (Å²) in [5.74, 6) is -1.15. The van der Waals surface area contributed by atoms with E-state index in [1.165, 1.54) is 0 Å². The number of hydrogen-bond donors (Lipinski definition) is 1. The minimum atomic E-state index is -0.794. The van der Waals surface area contributed by atoms with E-state index in [0.29, 0.717) is 18.8 Å². The minimum Gasteiger partial charge on any atom is -0.482 e. The molecule has 1 aromatic rings. The summed E-state index contributed by atoms with van der Waals surface area (Å²) in [6.45, 7) is 1.90. The molecule has 0 aliphatic carbocycles.